The summed E-state index contributed by atoms with van der Waals surface area (Å²) in [6, 6.07) is 15.8. The van der Waals surface area contributed by atoms with E-state index in [1.165, 1.54) is 33.7 Å². The normalized spacial score (nSPS) is 10.8. The Labute approximate surface area is 169 Å². The van der Waals surface area contributed by atoms with Crippen LogP contribution in [0.4, 0.5) is 11.4 Å². The first-order valence-electron chi connectivity index (χ1n) is 8.99. The summed E-state index contributed by atoms with van der Waals surface area (Å²) in [7, 11) is 0. The molecule has 0 bridgehead atoms. The molecule has 2 aromatic heterocycles. The Morgan fingerprint density at radius 3 is 2.57 bits per heavy atom. The van der Waals surface area contributed by atoms with Crippen molar-refractivity contribution in [1.82, 2.24) is 19.6 Å². The Morgan fingerprint density at radius 1 is 1.13 bits per heavy atom. The molecule has 150 valence electrons. The number of nitro benzene ring substituents is 1. The first-order chi connectivity index (χ1) is 14.4. The third kappa shape index (κ3) is 3.53. The van der Waals surface area contributed by atoms with Gasteiger partial charge in [0.1, 0.15) is 11.4 Å². The van der Waals surface area contributed by atoms with Crippen LogP contribution in [0.5, 0.6) is 0 Å². The fraction of sp³-hybridized carbons (Fsp3) is 0.100. The maximum absolute atomic E-state index is 13.3. The van der Waals surface area contributed by atoms with Gasteiger partial charge in [-0.05, 0) is 25.1 Å². The monoisotopic (exact) mass is 404 g/mol. The summed E-state index contributed by atoms with van der Waals surface area (Å²) in [4.78, 5) is 46.1. The number of H-pyrrole nitrogens is 1. The molecule has 4 rings (SSSR count). The van der Waals surface area contributed by atoms with Crippen LogP contribution in [0.15, 0.2) is 65.5 Å². The Bertz CT molecular complexity index is 1310. The number of nitrogens with zero attached hydrogens (tertiary/aromatic N) is 5. The molecule has 0 radical (unpaired) electrons. The SMILES string of the molecule is Cc1cc(=O)n2[nH]c(CN(C(=O)c3ccccc3[N+](=O)[O-])c3ccccc3)nc2n1. The number of carbonyl (C=O) groups excluding carboxylic acids is 1. The van der Waals surface area contributed by atoms with E-state index in [2.05, 4.69) is 15.1 Å². The number of rotatable bonds is 5. The molecule has 0 spiro atoms. The smallest absolute Gasteiger partial charge is 0.282 e. The van der Waals surface area contributed by atoms with Gasteiger partial charge >= 0.3 is 0 Å². The predicted octanol–water partition coefficient (Wildman–Crippen LogP) is 2.48. The second kappa shape index (κ2) is 7.59. The molecule has 0 aliphatic heterocycles. The van der Waals surface area contributed by atoms with E-state index < -0.39 is 10.8 Å². The zero-order valence-corrected chi connectivity index (χ0v) is 15.8. The van der Waals surface area contributed by atoms with Crippen LogP contribution in [0.1, 0.15) is 21.9 Å². The van der Waals surface area contributed by atoms with Gasteiger partial charge in [0.15, 0.2) is 0 Å². The first kappa shape index (κ1) is 19.0. The third-order valence-electron chi connectivity index (χ3n) is 4.46. The maximum Gasteiger partial charge on any atom is 0.282 e. The van der Waals surface area contributed by atoms with Crippen LogP contribution >= 0.6 is 0 Å². The van der Waals surface area contributed by atoms with Crippen LogP contribution in [-0.4, -0.2) is 30.4 Å². The minimum absolute atomic E-state index is 0.0449. The molecule has 10 nitrogen and oxygen atoms in total. The number of hydrogen-bond donors (Lipinski definition) is 1. The van der Waals surface area contributed by atoms with Gasteiger partial charge in [0.2, 0.25) is 0 Å². The average molecular weight is 404 g/mol. The maximum atomic E-state index is 13.3. The zero-order chi connectivity index (χ0) is 21.3. The van der Waals surface area contributed by atoms with Crippen molar-refractivity contribution in [2.75, 3.05) is 4.90 Å². The number of para-hydroxylation sites is 2. The van der Waals surface area contributed by atoms with Gasteiger partial charge in [0.05, 0.1) is 11.5 Å². The molecule has 2 aromatic carbocycles. The van der Waals surface area contributed by atoms with Gasteiger partial charge in [0, 0.05) is 23.5 Å². The molecule has 0 saturated carbocycles. The number of fused-ring (bicyclic) bond motifs is 1. The van der Waals surface area contributed by atoms with Crippen LogP contribution in [0, 0.1) is 17.0 Å². The van der Waals surface area contributed by atoms with Gasteiger partial charge in [-0.2, -0.15) is 9.50 Å². The number of aryl methyl sites for hydroxylation is 1. The van der Waals surface area contributed by atoms with Gasteiger partial charge in [-0.1, -0.05) is 30.3 Å². The van der Waals surface area contributed by atoms with Crippen LogP contribution in [-0.2, 0) is 6.54 Å². The summed E-state index contributed by atoms with van der Waals surface area (Å²) in [5, 5.41) is 14.2. The largest absolute Gasteiger partial charge is 0.301 e. The Hall–Kier alpha value is -4.34. The number of aromatic amines is 1. The second-order valence-electron chi connectivity index (χ2n) is 6.54. The molecule has 0 aliphatic rings. The summed E-state index contributed by atoms with van der Waals surface area (Å²) in [5.74, 6) is -0.0763. The van der Waals surface area contributed by atoms with Crippen molar-refractivity contribution in [2.24, 2.45) is 0 Å². The quantitative estimate of drug-likeness (QED) is 0.402. The van der Waals surface area contributed by atoms with E-state index in [0.717, 1.165) is 0 Å². The van der Waals surface area contributed by atoms with E-state index in [9.17, 15) is 19.7 Å². The molecule has 0 fully saturated rings. The topological polar surface area (TPSA) is 126 Å². The summed E-state index contributed by atoms with van der Waals surface area (Å²) in [6.45, 7) is 1.64. The summed E-state index contributed by atoms with van der Waals surface area (Å²) in [5.41, 5.74) is 0.384. The van der Waals surface area contributed by atoms with Crippen LogP contribution in [0.2, 0.25) is 0 Å². The van der Waals surface area contributed by atoms with Crippen molar-refractivity contribution in [3.05, 3.63) is 98.2 Å². The van der Waals surface area contributed by atoms with E-state index in [1.807, 2.05) is 0 Å². The lowest BCUT2D eigenvalue weighted by atomic mass is 10.1. The van der Waals surface area contributed by atoms with Crippen molar-refractivity contribution >= 4 is 23.1 Å². The molecular weight excluding hydrogens is 388 g/mol. The van der Waals surface area contributed by atoms with E-state index >= 15 is 0 Å². The third-order valence-corrected chi connectivity index (χ3v) is 4.46. The van der Waals surface area contributed by atoms with Gasteiger partial charge < -0.3 is 4.90 Å². The van der Waals surface area contributed by atoms with Crippen molar-refractivity contribution in [2.45, 2.75) is 13.5 Å². The van der Waals surface area contributed by atoms with Gasteiger partial charge in [0.25, 0.3) is 22.9 Å². The number of amides is 1. The van der Waals surface area contributed by atoms with Crippen LogP contribution in [0.3, 0.4) is 0 Å². The number of carbonyl (C=O) groups is 1. The number of hydrogen-bond acceptors (Lipinski definition) is 6. The highest BCUT2D eigenvalue weighted by molar-refractivity contribution is 6.08. The zero-order valence-electron chi connectivity index (χ0n) is 15.8. The summed E-state index contributed by atoms with van der Waals surface area (Å²) < 4.78 is 1.18. The average Bonchev–Trinajstić information content (AvgIpc) is 3.15. The number of nitrogens with one attached hydrogen (secondary N) is 1. The Balaban J connectivity index is 1.79. The van der Waals surface area contributed by atoms with Gasteiger partial charge in [-0.3, -0.25) is 24.8 Å². The number of aromatic nitrogens is 4. The molecule has 10 heteroatoms. The fourth-order valence-electron chi connectivity index (χ4n) is 3.10. The minimum atomic E-state index is -0.593. The van der Waals surface area contributed by atoms with Crippen molar-refractivity contribution in [1.29, 1.82) is 0 Å². The second-order valence-corrected chi connectivity index (χ2v) is 6.54. The molecule has 1 amide bonds. The number of benzene rings is 2. The molecular formula is C20H16N6O4. The molecule has 0 unspecified atom stereocenters. The van der Waals surface area contributed by atoms with Gasteiger partial charge in [-0.25, -0.2) is 4.98 Å². The lowest BCUT2D eigenvalue weighted by Crippen LogP contribution is -2.31. The molecule has 0 aliphatic carbocycles. The van der Waals surface area contributed by atoms with Crippen molar-refractivity contribution < 1.29 is 9.72 Å². The fourth-order valence-corrected chi connectivity index (χ4v) is 3.10. The molecule has 30 heavy (non-hydrogen) atoms. The predicted molar refractivity (Wildman–Crippen MR) is 108 cm³/mol. The molecule has 4 aromatic rings. The van der Waals surface area contributed by atoms with E-state index in [0.29, 0.717) is 17.2 Å². The molecule has 0 saturated heterocycles. The highest BCUT2D eigenvalue weighted by Crippen LogP contribution is 2.24. The highest BCUT2D eigenvalue weighted by Gasteiger charge is 2.26. The van der Waals surface area contributed by atoms with E-state index in [4.69, 9.17) is 0 Å². The molecule has 2 heterocycles. The Morgan fingerprint density at radius 2 is 1.83 bits per heavy atom. The summed E-state index contributed by atoms with van der Waals surface area (Å²) in [6.07, 6.45) is 0. The van der Waals surface area contributed by atoms with Gasteiger partial charge in [-0.15, -0.1) is 0 Å². The molecule has 1 N–H and O–H groups in total. The van der Waals surface area contributed by atoms with Crippen molar-refractivity contribution in [3.63, 3.8) is 0 Å². The lowest BCUT2D eigenvalue weighted by molar-refractivity contribution is -0.385. The number of nitro groups is 1. The first-order valence-corrected chi connectivity index (χ1v) is 8.99. The minimum Gasteiger partial charge on any atom is -0.301 e. The summed E-state index contributed by atoms with van der Waals surface area (Å²) >= 11 is 0. The van der Waals surface area contributed by atoms with Crippen LogP contribution in [0.25, 0.3) is 5.78 Å². The highest BCUT2D eigenvalue weighted by atomic mass is 16.6. The van der Waals surface area contributed by atoms with Crippen molar-refractivity contribution in [3.8, 4) is 0 Å². The molecule has 0 atom stereocenters. The number of anilines is 1. The Kier molecular flexibility index (Phi) is 4.80. The van der Waals surface area contributed by atoms with Crippen LogP contribution < -0.4 is 10.5 Å². The van der Waals surface area contributed by atoms with E-state index in [1.54, 1.807) is 43.3 Å². The van der Waals surface area contributed by atoms with E-state index in [-0.39, 0.29) is 29.1 Å². The lowest BCUT2D eigenvalue weighted by Gasteiger charge is -2.21. The standard InChI is InChI=1S/C20H16N6O4/c1-13-11-18(27)25-20(21-13)22-17(23-25)12-24(14-7-3-2-4-8-14)19(28)15-9-5-6-10-16(15)26(29)30/h2-11H,12H2,1H3,(H,21,22,23).